The van der Waals surface area contributed by atoms with Crippen LogP contribution in [0.25, 0.3) is 10.9 Å². The zero-order valence-corrected chi connectivity index (χ0v) is 10.0. The fourth-order valence-corrected chi connectivity index (χ4v) is 1.69. The highest BCUT2D eigenvalue weighted by molar-refractivity contribution is 5.82. The highest BCUT2D eigenvalue weighted by Crippen LogP contribution is 2.27. The van der Waals surface area contributed by atoms with Gasteiger partial charge in [-0.25, -0.2) is 4.39 Å². The van der Waals surface area contributed by atoms with Crippen molar-refractivity contribution in [2.45, 2.75) is 33.3 Å². The van der Waals surface area contributed by atoms with Gasteiger partial charge < -0.3 is 9.72 Å². The average Bonchev–Trinajstić information content (AvgIpc) is 2.42. The molecule has 86 valence electrons. The van der Waals surface area contributed by atoms with Gasteiger partial charge >= 0.3 is 0 Å². The van der Waals surface area contributed by atoms with E-state index in [1.165, 1.54) is 6.07 Å². The van der Waals surface area contributed by atoms with Crippen molar-refractivity contribution in [1.29, 1.82) is 0 Å². The molecule has 0 saturated heterocycles. The number of benzene rings is 1. The summed E-state index contributed by atoms with van der Waals surface area (Å²) in [5.41, 5.74) is 1.43. The third-order valence-corrected chi connectivity index (χ3v) is 2.22. The molecule has 2 nitrogen and oxygen atoms in total. The molecule has 3 heteroatoms. The third kappa shape index (κ3) is 2.18. The highest BCUT2D eigenvalue weighted by Gasteiger charge is 2.16. The smallest absolute Gasteiger partial charge is 0.167 e. The third-order valence-electron chi connectivity index (χ3n) is 2.22. The van der Waals surface area contributed by atoms with Crippen LogP contribution < -0.4 is 4.74 Å². The Kier molecular flexibility index (Phi) is 2.41. The summed E-state index contributed by atoms with van der Waals surface area (Å²) < 4.78 is 19.3. The van der Waals surface area contributed by atoms with Gasteiger partial charge in [0.05, 0.1) is 0 Å². The molecule has 0 fully saturated rings. The van der Waals surface area contributed by atoms with Crippen LogP contribution in [0.5, 0.6) is 5.75 Å². The normalized spacial score (nSPS) is 12.1. The predicted octanol–water partition coefficient (Wildman–Crippen LogP) is 3.79. The van der Waals surface area contributed by atoms with Crippen LogP contribution in [0.2, 0.25) is 0 Å². The molecule has 1 heterocycles. The number of ether oxygens (including phenoxy) is 1. The number of halogens is 1. The van der Waals surface area contributed by atoms with Crippen LogP contribution in [0.4, 0.5) is 4.39 Å². The van der Waals surface area contributed by atoms with E-state index in [1.54, 1.807) is 6.07 Å². The molecule has 1 aromatic heterocycles. The van der Waals surface area contributed by atoms with Gasteiger partial charge in [0.25, 0.3) is 0 Å². The lowest BCUT2D eigenvalue weighted by atomic mass is 10.2. The molecular formula is C13H16FNO. The van der Waals surface area contributed by atoms with Crippen molar-refractivity contribution in [2.75, 3.05) is 0 Å². The van der Waals surface area contributed by atoms with Crippen LogP contribution in [0.15, 0.2) is 18.2 Å². The van der Waals surface area contributed by atoms with Crippen LogP contribution in [0.1, 0.15) is 26.5 Å². The van der Waals surface area contributed by atoms with E-state index in [2.05, 4.69) is 4.98 Å². The zero-order chi connectivity index (χ0) is 11.9. The minimum atomic E-state index is -0.389. The van der Waals surface area contributed by atoms with Crippen molar-refractivity contribution >= 4 is 10.9 Å². The molecule has 0 radical (unpaired) electrons. The molecule has 0 saturated carbocycles. The fraction of sp³-hybridized carbons (Fsp3) is 0.385. The van der Waals surface area contributed by atoms with E-state index in [0.29, 0.717) is 5.75 Å². The van der Waals surface area contributed by atoms with Crippen LogP contribution in [0.3, 0.4) is 0 Å². The number of aryl methyl sites for hydroxylation is 1. The first kappa shape index (κ1) is 11.0. The Morgan fingerprint density at radius 1 is 1.19 bits per heavy atom. The maximum atomic E-state index is 13.7. The Hall–Kier alpha value is -1.51. The second kappa shape index (κ2) is 3.51. The van der Waals surface area contributed by atoms with Crippen molar-refractivity contribution in [2.24, 2.45) is 0 Å². The molecule has 0 aliphatic rings. The summed E-state index contributed by atoms with van der Waals surface area (Å²) in [6.07, 6.45) is 0. The van der Waals surface area contributed by atoms with Crippen LogP contribution in [-0.4, -0.2) is 10.6 Å². The molecule has 0 aliphatic heterocycles. The molecule has 2 rings (SSSR count). The van der Waals surface area contributed by atoms with E-state index in [1.807, 2.05) is 33.8 Å². The van der Waals surface area contributed by atoms with Gasteiger partial charge in [-0.3, -0.25) is 0 Å². The van der Waals surface area contributed by atoms with E-state index in [0.717, 1.165) is 16.6 Å². The summed E-state index contributed by atoms with van der Waals surface area (Å²) in [4.78, 5) is 3.09. The maximum Gasteiger partial charge on any atom is 0.167 e. The van der Waals surface area contributed by atoms with Gasteiger partial charge in [0.2, 0.25) is 0 Å². The van der Waals surface area contributed by atoms with Crippen molar-refractivity contribution in [3.8, 4) is 5.75 Å². The second-order valence-corrected chi connectivity index (χ2v) is 5.04. The minimum absolute atomic E-state index is 0.305. The van der Waals surface area contributed by atoms with Gasteiger partial charge in [-0.2, -0.15) is 0 Å². The molecule has 0 bridgehead atoms. The fourth-order valence-electron chi connectivity index (χ4n) is 1.69. The van der Waals surface area contributed by atoms with Gasteiger partial charge in [0.1, 0.15) is 5.60 Å². The Balaban J connectivity index is 2.49. The first-order valence-electron chi connectivity index (χ1n) is 5.33. The molecule has 1 aromatic carbocycles. The molecular weight excluding hydrogens is 205 g/mol. The molecule has 0 amide bonds. The Bertz CT molecular complexity index is 522. The maximum absolute atomic E-state index is 13.7. The first-order valence-corrected chi connectivity index (χ1v) is 5.33. The summed E-state index contributed by atoms with van der Waals surface area (Å²) in [6.45, 7) is 7.65. The lowest BCUT2D eigenvalue weighted by molar-refractivity contribution is 0.124. The van der Waals surface area contributed by atoms with E-state index in [9.17, 15) is 4.39 Å². The van der Waals surface area contributed by atoms with E-state index >= 15 is 0 Å². The van der Waals surface area contributed by atoms with Gasteiger partial charge in [-0.15, -0.1) is 0 Å². The molecule has 16 heavy (non-hydrogen) atoms. The number of fused-ring (bicyclic) bond motifs is 1. The van der Waals surface area contributed by atoms with Crippen molar-refractivity contribution in [3.63, 3.8) is 0 Å². The summed E-state index contributed by atoms with van der Waals surface area (Å²) >= 11 is 0. The molecule has 1 N–H and O–H groups in total. The molecule has 0 atom stereocenters. The van der Waals surface area contributed by atoms with Crippen LogP contribution in [0, 0.1) is 12.7 Å². The van der Waals surface area contributed by atoms with Gasteiger partial charge in [-0.05, 0) is 39.8 Å². The highest BCUT2D eigenvalue weighted by atomic mass is 19.1. The summed E-state index contributed by atoms with van der Waals surface area (Å²) in [6, 6.07) is 5.19. The Morgan fingerprint density at radius 2 is 1.88 bits per heavy atom. The SMILES string of the molecule is Cc1cc2cc(OC(C)(C)C)c(F)cc2[nH]1. The quantitative estimate of drug-likeness (QED) is 0.778. The standard InChI is InChI=1S/C13H16FNO/c1-8-5-9-6-12(16-13(2,3)4)10(14)7-11(9)15-8/h5-7,15H,1-4H3. The largest absolute Gasteiger partial charge is 0.485 e. The number of H-pyrrole nitrogens is 1. The van der Waals surface area contributed by atoms with Crippen molar-refractivity contribution in [3.05, 3.63) is 29.7 Å². The summed E-state index contributed by atoms with van der Waals surface area (Å²) in [7, 11) is 0. The zero-order valence-electron chi connectivity index (χ0n) is 10.0. The van der Waals surface area contributed by atoms with E-state index in [4.69, 9.17) is 4.74 Å². The predicted molar refractivity (Wildman–Crippen MR) is 63.4 cm³/mol. The van der Waals surface area contributed by atoms with Gasteiger partial charge in [0.15, 0.2) is 11.6 Å². The number of hydrogen-bond acceptors (Lipinski definition) is 1. The van der Waals surface area contributed by atoms with Crippen LogP contribution >= 0.6 is 0 Å². The summed E-state index contributed by atoms with van der Waals surface area (Å²) in [5.74, 6) is -0.0247. The molecule has 0 aliphatic carbocycles. The van der Waals surface area contributed by atoms with Gasteiger partial charge in [0, 0.05) is 22.7 Å². The Morgan fingerprint density at radius 3 is 2.50 bits per heavy atom. The number of nitrogens with one attached hydrogen (secondary N) is 1. The first-order chi connectivity index (χ1) is 7.35. The number of aromatic nitrogens is 1. The number of hydrogen-bond donors (Lipinski definition) is 1. The topological polar surface area (TPSA) is 25.0 Å². The molecule has 0 spiro atoms. The van der Waals surface area contributed by atoms with Crippen LogP contribution in [-0.2, 0) is 0 Å². The monoisotopic (exact) mass is 221 g/mol. The molecule has 0 unspecified atom stereocenters. The van der Waals surface area contributed by atoms with E-state index in [-0.39, 0.29) is 11.4 Å². The second-order valence-electron chi connectivity index (χ2n) is 5.04. The lowest BCUT2D eigenvalue weighted by Crippen LogP contribution is -2.23. The van der Waals surface area contributed by atoms with Crippen molar-refractivity contribution in [1.82, 2.24) is 4.98 Å². The minimum Gasteiger partial charge on any atom is -0.485 e. The summed E-state index contributed by atoms with van der Waals surface area (Å²) in [5, 5.41) is 0.971. The van der Waals surface area contributed by atoms with E-state index < -0.39 is 0 Å². The average molecular weight is 221 g/mol. The van der Waals surface area contributed by atoms with Gasteiger partial charge in [-0.1, -0.05) is 0 Å². The Labute approximate surface area is 94.4 Å². The number of rotatable bonds is 1. The lowest BCUT2D eigenvalue weighted by Gasteiger charge is -2.21. The number of aromatic amines is 1. The van der Waals surface area contributed by atoms with Crippen molar-refractivity contribution < 1.29 is 9.13 Å². The molecule has 2 aromatic rings.